The zero-order valence-corrected chi connectivity index (χ0v) is 17.9. The Bertz CT molecular complexity index is 719. The van der Waals surface area contributed by atoms with Crippen molar-refractivity contribution in [2.75, 3.05) is 19.7 Å². The second kappa shape index (κ2) is 11.7. The van der Waals surface area contributed by atoms with Gasteiger partial charge in [0.05, 0.1) is 6.61 Å². The van der Waals surface area contributed by atoms with Gasteiger partial charge in [-0.15, -0.1) is 0 Å². The molecule has 0 fully saturated rings. The number of unbranched alkanes of at least 4 members (excludes halogenated alkanes) is 2. The van der Waals surface area contributed by atoms with Gasteiger partial charge in [-0.25, -0.2) is 13.2 Å². The van der Waals surface area contributed by atoms with Crippen molar-refractivity contribution in [3.63, 3.8) is 0 Å². The minimum atomic E-state index is -6.21. The highest BCUT2D eigenvalue weighted by molar-refractivity contribution is 7.86. The molecule has 0 saturated heterocycles. The van der Waals surface area contributed by atoms with Crippen molar-refractivity contribution in [3.05, 3.63) is 12.7 Å². The predicted octanol–water partition coefficient (Wildman–Crippen LogP) is 2.95. The number of hydrogen-bond acceptors (Lipinski definition) is 7. The normalized spacial score (nSPS) is 14.6. The Morgan fingerprint density at radius 2 is 1.55 bits per heavy atom. The Kier molecular flexibility index (Phi) is 11.0. The molecule has 1 atom stereocenters. The van der Waals surface area contributed by atoms with E-state index in [0.29, 0.717) is 18.9 Å². The largest absolute Gasteiger partial charge is 0.743 e. The van der Waals surface area contributed by atoms with Crippen LogP contribution in [0.15, 0.2) is 12.7 Å². The molecule has 0 saturated carbocycles. The maximum absolute atomic E-state index is 13.9. The fourth-order valence-corrected chi connectivity index (χ4v) is 2.57. The average Bonchev–Trinajstić information content (AvgIpc) is 2.64. The van der Waals surface area contributed by atoms with Gasteiger partial charge in [0.1, 0.15) is 0 Å². The number of nitrogens with zero attached hydrogens (tertiary/aromatic N) is 1. The third-order valence-corrected chi connectivity index (χ3v) is 4.92. The van der Waals surface area contributed by atoms with Gasteiger partial charge in [0.2, 0.25) is 0 Å². The van der Waals surface area contributed by atoms with E-state index in [9.17, 15) is 44.5 Å². The van der Waals surface area contributed by atoms with Crippen molar-refractivity contribution >= 4 is 22.0 Å². The van der Waals surface area contributed by atoms with Crippen LogP contribution in [0.4, 0.5) is 22.0 Å². The first-order valence-electron chi connectivity index (χ1n) is 9.28. The van der Waals surface area contributed by atoms with Crippen molar-refractivity contribution in [2.45, 2.75) is 63.2 Å². The van der Waals surface area contributed by atoms with Crippen LogP contribution in [-0.4, -0.2) is 66.7 Å². The number of carbonyl (C=O) groups is 2. The van der Waals surface area contributed by atoms with Gasteiger partial charge in [-0.05, 0) is 12.8 Å². The van der Waals surface area contributed by atoms with Crippen LogP contribution in [0.3, 0.4) is 0 Å². The van der Waals surface area contributed by atoms with Crippen LogP contribution in [0.5, 0.6) is 0 Å². The lowest BCUT2D eigenvalue weighted by Crippen LogP contribution is -2.62. The molecule has 31 heavy (non-hydrogen) atoms. The molecule has 0 aliphatic rings. The van der Waals surface area contributed by atoms with Gasteiger partial charge in [0, 0.05) is 25.6 Å². The first-order valence-corrected chi connectivity index (χ1v) is 10.7. The Labute approximate surface area is 177 Å². The van der Waals surface area contributed by atoms with E-state index in [1.807, 2.05) is 0 Å². The smallest absolute Gasteiger partial charge is 0.466 e. The Morgan fingerprint density at radius 1 is 1.06 bits per heavy atom. The monoisotopic (exact) mass is 482 g/mol. The number of carbonyl (C=O) groups excluding carboxylic acids is 2. The van der Waals surface area contributed by atoms with Crippen LogP contribution >= 0.6 is 0 Å². The molecule has 0 aromatic heterocycles. The molecule has 182 valence electrons. The molecule has 0 bridgehead atoms. The van der Waals surface area contributed by atoms with Crippen LogP contribution in [0, 0.1) is 0 Å². The zero-order valence-electron chi connectivity index (χ0n) is 17.0. The molecule has 1 unspecified atom stereocenters. The molecule has 8 nitrogen and oxygen atoms in total. The maximum Gasteiger partial charge on any atom is 0.466 e. The lowest BCUT2D eigenvalue weighted by Gasteiger charge is -2.37. The molecular formula is C17H25F5NO7S-. The summed E-state index contributed by atoms with van der Waals surface area (Å²) in [5.74, 6) is -7.94. The molecule has 0 aliphatic heterocycles. The molecular weight excluding hydrogens is 457 g/mol. The molecule has 0 rings (SSSR count). The lowest BCUT2D eigenvalue weighted by molar-refractivity contribution is -0.351. The number of esters is 1. The third-order valence-electron chi connectivity index (χ3n) is 3.98. The number of amides is 1. The second-order valence-electron chi connectivity index (χ2n) is 6.43. The second-order valence-corrected chi connectivity index (χ2v) is 7.93. The van der Waals surface area contributed by atoms with E-state index in [4.69, 9.17) is 0 Å². The van der Waals surface area contributed by atoms with Crippen LogP contribution in [0.25, 0.3) is 0 Å². The number of rotatable bonds is 14. The van der Waals surface area contributed by atoms with Crippen molar-refractivity contribution in [1.82, 2.24) is 4.90 Å². The first-order chi connectivity index (χ1) is 14.1. The topological polar surface area (TPSA) is 113 Å². The average molecular weight is 482 g/mol. The van der Waals surface area contributed by atoms with E-state index < -0.39 is 52.2 Å². The summed E-state index contributed by atoms with van der Waals surface area (Å²) in [7, 11) is -6.21. The molecule has 0 spiro atoms. The van der Waals surface area contributed by atoms with Gasteiger partial charge >= 0.3 is 29.1 Å². The molecule has 0 N–H and O–H groups in total. The fourth-order valence-electron chi connectivity index (χ4n) is 2.24. The first kappa shape index (κ1) is 29.2. The highest BCUT2D eigenvalue weighted by Crippen LogP contribution is 2.38. The van der Waals surface area contributed by atoms with E-state index in [1.54, 1.807) is 13.8 Å². The van der Waals surface area contributed by atoms with E-state index in [1.165, 1.54) is 0 Å². The quantitative estimate of drug-likeness (QED) is 0.123. The molecule has 14 heteroatoms. The van der Waals surface area contributed by atoms with E-state index in [2.05, 4.69) is 16.1 Å². The molecule has 0 aromatic carbocycles. The van der Waals surface area contributed by atoms with Gasteiger partial charge in [-0.2, -0.15) is 22.0 Å². The van der Waals surface area contributed by atoms with Gasteiger partial charge in [0.25, 0.3) is 0 Å². The Balaban J connectivity index is 6.16. The highest BCUT2D eigenvalue weighted by atomic mass is 32.2. The minimum absolute atomic E-state index is 0.173. The Hall–Kier alpha value is -1.80. The van der Waals surface area contributed by atoms with E-state index in [-0.39, 0.29) is 25.9 Å². The molecule has 1 amide bonds. The third kappa shape index (κ3) is 8.00. The molecule has 0 aliphatic carbocycles. The summed E-state index contributed by atoms with van der Waals surface area (Å²) in [6, 6.07) is 0. The van der Waals surface area contributed by atoms with Crippen molar-refractivity contribution in [2.24, 2.45) is 0 Å². The summed E-state index contributed by atoms with van der Waals surface area (Å²) >= 11 is 0. The standard InChI is InChI=1S/C17H26F5NO7S/c1-4-7-10-23(11-8-5-2)14(25)16(17(20,21)22,30-13(24)6-3)29-12-9-15(18,19)31(26,27)28/h6H,3-5,7-12H2,1-2H3,(H,26,27,28)/p-1. The summed E-state index contributed by atoms with van der Waals surface area (Å²) in [6.45, 7) is 4.25. The van der Waals surface area contributed by atoms with Gasteiger partial charge in [0.15, 0.2) is 10.1 Å². The molecule has 0 heterocycles. The zero-order chi connectivity index (χ0) is 24.5. The number of ether oxygens (including phenoxy) is 2. The van der Waals surface area contributed by atoms with Crippen LogP contribution < -0.4 is 0 Å². The van der Waals surface area contributed by atoms with Gasteiger partial charge < -0.3 is 18.9 Å². The maximum atomic E-state index is 13.9. The fraction of sp³-hybridized carbons (Fsp3) is 0.765. The number of halogens is 5. The summed E-state index contributed by atoms with van der Waals surface area (Å²) in [6.07, 6.45) is -5.87. The summed E-state index contributed by atoms with van der Waals surface area (Å²) in [5.41, 5.74) is 0. The minimum Gasteiger partial charge on any atom is -0.743 e. The van der Waals surface area contributed by atoms with Gasteiger partial charge in [-0.1, -0.05) is 33.3 Å². The predicted molar refractivity (Wildman–Crippen MR) is 96.7 cm³/mol. The lowest BCUT2D eigenvalue weighted by atomic mass is 10.1. The van der Waals surface area contributed by atoms with Crippen molar-refractivity contribution in [1.29, 1.82) is 0 Å². The van der Waals surface area contributed by atoms with Crippen molar-refractivity contribution < 1.29 is 54.0 Å². The summed E-state index contributed by atoms with van der Waals surface area (Å²) in [5, 5.41) is -4.97. The van der Waals surface area contributed by atoms with Crippen LogP contribution in [-0.2, 0) is 29.2 Å². The number of hydrogen-bond donors (Lipinski definition) is 0. The highest BCUT2D eigenvalue weighted by Gasteiger charge is 2.67. The van der Waals surface area contributed by atoms with E-state index in [0.717, 1.165) is 4.90 Å². The summed E-state index contributed by atoms with van der Waals surface area (Å²) < 4.78 is 109. The van der Waals surface area contributed by atoms with Crippen LogP contribution in [0.1, 0.15) is 46.0 Å². The molecule has 0 aromatic rings. The molecule has 0 radical (unpaired) electrons. The van der Waals surface area contributed by atoms with E-state index >= 15 is 0 Å². The number of alkyl halides is 5. The SMILES string of the molecule is C=CC(=O)OC(OCCC(F)(F)S(=O)(=O)[O-])(C(=O)N(CCCC)CCCC)C(F)(F)F. The van der Waals surface area contributed by atoms with Crippen molar-refractivity contribution in [3.8, 4) is 0 Å². The van der Waals surface area contributed by atoms with Gasteiger partial charge in [-0.3, -0.25) is 4.79 Å². The van der Waals surface area contributed by atoms with Crippen LogP contribution in [0.2, 0.25) is 0 Å². The Morgan fingerprint density at radius 3 is 1.90 bits per heavy atom. The summed E-state index contributed by atoms with van der Waals surface area (Å²) in [4.78, 5) is 25.1.